The molecule has 1 unspecified atom stereocenters. The molecule has 0 spiro atoms. The predicted octanol–water partition coefficient (Wildman–Crippen LogP) is 2.65. The Morgan fingerprint density at radius 3 is 2.31 bits per heavy atom. The number of anilines is 2. The van der Waals surface area contributed by atoms with Crippen LogP contribution in [0.3, 0.4) is 0 Å². The molecule has 1 fully saturated rings. The second-order valence-corrected chi connectivity index (χ2v) is 9.19. The van der Waals surface area contributed by atoms with Gasteiger partial charge in [0, 0.05) is 19.2 Å². The Labute approximate surface area is 209 Å². The van der Waals surface area contributed by atoms with Gasteiger partial charge in [-0.15, -0.1) is 0 Å². The van der Waals surface area contributed by atoms with E-state index in [-0.39, 0.29) is 12.1 Å². The lowest BCUT2D eigenvalue weighted by Crippen LogP contribution is -2.39. The van der Waals surface area contributed by atoms with Crippen molar-refractivity contribution in [1.82, 2.24) is 14.3 Å². The van der Waals surface area contributed by atoms with Crippen LogP contribution in [0.5, 0.6) is 0 Å². The normalized spacial score (nSPS) is 15.3. The van der Waals surface area contributed by atoms with Crippen LogP contribution in [0, 0.1) is 12.7 Å². The predicted molar refractivity (Wildman–Crippen MR) is 133 cm³/mol. The van der Waals surface area contributed by atoms with E-state index < -0.39 is 46.1 Å². The molecule has 1 atom stereocenters. The summed E-state index contributed by atoms with van der Waals surface area (Å²) >= 11 is 0.648. The van der Waals surface area contributed by atoms with Crippen molar-refractivity contribution < 1.29 is 23.6 Å². The van der Waals surface area contributed by atoms with Crippen LogP contribution in [-0.2, 0) is 21.4 Å². The second-order valence-electron chi connectivity index (χ2n) is 8.04. The number of carbonyl (C=O) groups excluding carboxylic acids is 4. The third kappa shape index (κ3) is 5.08. The highest BCUT2D eigenvalue weighted by atomic mass is 32.2. The van der Waals surface area contributed by atoms with Crippen molar-refractivity contribution in [1.29, 1.82) is 0 Å². The lowest BCUT2D eigenvalue weighted by molar-refractivity contribution is -0.131. The van der Waals surface area contributed by atoms with E-state index in [0.29, 0.717) is 28.8 Å². The quantitative estimate of drug-likeness (QED) is 0.503. The summed E-state index contributed by atoms with van der Waals surface area (Å²) in [6.45, 7) is 1.06. The number of halogens is 1. The van der Waals surface area contributed by atoms with E-state index in [1.54, 1.807) is 42.9 Å². The number of benzene rings is 2. The van der Waals surface area contributed by atoms with Crippen molar-refractivity contribution in [2.24, 2.45) is 7.05 Å². The summed E-state index contributed by atoms with van der Waals surface area (Å²) < 4.78 is 16.0. The third-order valence-corrected chi connectivity index (χ3v) is 6.70. The molecule has 36 heavy (non-hydrogen) atoms. The average Bonchev–Trinajstić information content (AvgIpc) is 3.22. The minimum absolute atomic E-state index is 0.0355. The van der Waals surface area contributed by atoms with E-state index in [9.17, 15) is 28.4 Å². The lowest BCUT2D eigenvalue weighted by atomic mass is 10.2. The first-order valence-electron chi connectivity index (χ1n) is 10.9. The minimum atomic E-state index is -1.00. The molecule has 2 heterocycles. The van der Waals surface area contributed by atoms with Gasteiger partial charge in [-0.05, 0) is 43.3 Å². The SMILES string of the molecule is Cc1c(NC(=O)CN2C(=O)SC(CC(=O)Nc3ccc(F)cc3)C2=O)c(=O)n(-c2ccccc2)n1C. The number of amides is 4. The third-order valence-electron chi connectivity index (χ3n) is 5.62. The molecule has 4 amide bonds. The molecule has 186 valence electrons. The van der Waals surface area contributed by atoms with Crippen molar-refractivity contribution in [2.75, 3.05) is 17.2 Å². The molecule has 0 bridgehead atoms. The van der Waals surface area contributed by atoms with Crippen molar-refractivity contribution in [3.63, 3.8) is 0 Å². The molecule has 1 aliphatic heterocycles. The molecule has 0 saturated carbocycles. The molecule has 0 radical (unpaired) electrons. The number of nitrogens with one attached hydrogen (secondary N) is 2. The van der Waals surface area contributed by atoms with E-state index in [0.717, 1.165) is 4.90 Å². The molecule has 1 saturated heterocycles. The molecule has 2 aromatic carbocycles. The van der Waals surface area contributed by atoms with E-state index in [1.807, 2.05) is 6.07 Å². The molecular formula is C24H22FN5O5S. The van der Waals surface area contributed by atoms with Crippen LogP contribution in [0.25, 0.3) is 5.69 Å². The van der Waals surface area contributed by atoms with Crippen LogP contribution >= 0.6 is 11.8 Å². The van der Waals surface area contributed by atoms with Gasteiger partial charge >= 0.3 is 0 Å². The Morgan fingerprint density at radius 1 is 0.972 bits per heavy atom. The summed E-state index contributed by atoms with van der Waals surface area (Å²) in [4.78, 5) is 63.8. The van der Waals surface area contributed by atoms with Crippen molar-refractivity contribution in [3.05, 3.63) is 76.5 Å². The number of carbonyl (C=O) groups is 4. The van der Waals surface area contributed by atoms with Gasteiger partial charge < -0.3 is 10.6 Å². The van der Waals surface area contributed by atoms with Crippen LogP contribution in [0.4, 0.5) is 20.6 Å². The highest BCUT2D eigenvalue weighted by Gasteiger charge is 2.41. The number of aromatic nitrogens is 2. The van der Waals surface area contributed by atoms with Crippen LogP contribution in [-0.4, -0.2) is 49.0 Å². The van der Waals surface area contributed by atoms with E-state index in [4.69, 9.17) is 0 Å². The Morgan fingerprint density at radius 2 is 1.64 bits per heavy atom. The maximum Gasteiger partial charge on any atom is 0.295 e. The topological polar surface area (TPSA) is 123 Å². The largest absolute Gasteiger partial charge is 0.326 e. The molecule has 10 nitrogen and oxygen atoms in total. The zero-order valence-electron chi connectivity index (χ0n) is 19.4. The van der Waals surface area contributed by atoms with Gasteiger partial charge in [-0.2, -0.15) is 0 Å². The molecule has 1 aromatic heterocycles. The monoisotopic (exact) mass is 511 g/mol. The average molecular weight is 512 g/mol. The van der Waals surface area contributed by atoms with Crippen molar-refractivity contribution in [2.45, 2.75) is 18.6 Å². The number of para-hydroxylation sites is 1. The summed E-state index contributed by atoms with van der Waals surface area (Å²) in [6.07, 6.45) is -0.301. The van der Waals surface area contributed by atoms with Gasteiger partial charge in [-0.3, -0.25) is 33.6 Å². The number of rotatable bonds is 7. The van der Waals surface area contributed by atoms with Crippen LogP contribution in [0.2, 0.25) is 0 Å². The fraction of sp³-hybridized carbons (Fsp3) is 0.208. The Balaban J connectivity index is 1.40. The molecule has 4 rings (SSSR count). The van der Waals surface area contributed by atoms with Gasteiger partial charge in [0.05, 0.1) is 11.4 Å². The smallest absolute Gasteiger partial charge is 0.295 e. The summed E-state index contributed by atoms with van der Waals surface area (Å²) in [5.41, 5.74) is 1.02. The maximum atomic E-state index is 13.0. The minimum Gasteiger partial charge on any atom is -0.326 e. The van der Waals surface area contributed by atoms with Crippen molar-refractivity contribution in [3.8, 4) is 5.69 Å². The summed E-state index contributed by atoms with van der Waals surface area (Å²) in [5.74, 6) is -2.40. The van der Waals surface area contributed by atoms with E-state index in [1.165, 1.54) is 28.9 Å². The van der Waals surface area contributed by atoms with Gasteiger partial charge in [-0.25, -0.2) is 9.07 Å². The van der Waals surface area contributed by atoms with E-state index >= 15 is 0 Å². The first-order chi connectivity index (χ1) is 17.2. The first kappa shape index (κ1) is 24.9. The highest BCUT2D eigenvalue weighted by Crippen LogP contribution is 2.29. The highest BCUT2D eigenvalue weighted by molar-refractivity contribution is 8.15. The summed E-state index contributed by atoms with van der Waals surface area (Å²) in [5, 5.41) is 3.38. The Bertz CT molecular complexity index is 1400. The zero-order valence-corrected chi connectivity index (χ0v) is 20.2. The number of hydrogen-bond donors (Lipinski definition) is 2. The fourth-order valence-corrected chi connectivity index (χ4v) is 4.71. The summed E-state index contributed by atoms with van der Waals surface area (Å²) in [7, 11) is 1.67. The number of thioether (sulfide) groups is 1. The molecule has 1 aliphatic rings. The lowest BCUT2D eigenvalue weighted by Gasteiger charge is -2.13. The number of imide groups is 1. The molecule has 0 aliphatic carbocycles. The number of nitrogens with zero attached hydrogens (tertiary/aromatic N) is 3. The van der Waals surface area contributed by atoms with Crippen molar-refractivity contribution >= 4 is 46.1 Å². The summed E-state index contributed by atoms with van der Waals surface area (Å²) in [6, 6.07) is 14.0. The van der Waals surface area contributed by atoms with Crippen LogP contribution in [0.1, 0.15) is 12.1 Å². The Kier molecular flexibility index (Phi) is 7.06. The van der Waals surface area contributed by atoms with Crippen LogP contribution < -0.4 is 16.2 Å². The first-order valence-corrected chi connectivity index (χ1v) is 11.7. The second kappa shape index (κ2) is 10.2. The molecule has 3 aromatic rings. The Hall–Kier alpha value is -4.19. The van der Waals surface area contributed by atoms with Gasteiger partial charge in [0.15, 0.2) is 0 Å². The molecular weight excluding hydrogens is 489 g/mol. The van der Waals surface area contributed by atoms with Gasteiger partial charge in [0.1, 0.15) is 23.3 Å². The van der Waals surface area contributed by atoms with Gasteiger partial charge in [-0.1, -0.05) is 30.0 Å². The van der Waals surface area contributed by atoms with Crippen LogP contribution in [0.15, 0.2) is 59.4 Å². The van der Waals surface area contributed by atoms with E-state index in [2.05, 4.69) is 10.6 Å². The maximum absolute atomic E-state index is 13.0. The van der Waals surface area contributed by atoms with Gasteiger partial charge in [0.25, 0.3) is 10.8 Å². The van der Waals surface area contributed by atoms with Gasteiger partial charge in [0.2, 0.25) is 17.7 Å². The standard InChI is InChI=1S/C24H22FN5O5S/c1-14-21(23(34)30(28(14)2)17-6-4-3-5-7-17)27-20(32)13-29-22(33)18(36-24(29)35)12-19(31)26-16-10-8-15(25)9-11-16/h3-11,18H,12-13H2,1-2H3,(H,26,31)(H,27,32). The zero-order chi connectivity index (χ0) is 26.0. The molecule has 2 N–H and O–H groups in total. The fourth-order valence-electron chi connectivity index (χ4n) is 3.72. The molecule has 12 heteroatoms. The number of hydrogen-bond acceptors (Lipinski definition) is 6.